The van der Waals surface area contributed by atoms with Crippen LogP contribution in [0, 0.1) is 0 Å². The van der Waals surface area contributed by atoms with E-state index in [9.17, 15) is 13.2 Å². The van der Waals surface area contributed by atoms with Crippen LogP contribution in [0.5, 0.6) is 0 Å². The van der Waals surface area contributed by atoms with Gasteiger partial charge in [0.05, 0.1) is 0 Å². The summed E-state index contributed by atoms with van der Waals surface area (Å²) in [4.78, 5) is 14.7. The average molecular weight is 351 g/mol. The molecule has 0 saturated heterocycles. The molecule has 106 valence electrons. The summed E-state index contributed by atoms with van der Waals surface area (Å²) in [6.07, 6.45) is 1.41. The van der Waals surface area contributed by atoms with Crippen molar-refractivity contribution in [1.29, 1.82) is 0 Å². The first-order chi connectivity index (χ1) is 8.76. The molecule has 19 heavy (non-hydrogen) atoms. The summed E-state index contributed by atoms with van der Waals surface area (Å²) in [7, 11) is -2.21. The Labute approximate surface area is 120 Å². The first-order valence-electron chi connectivity index (χ1n) is 5.40. The molecule has 1 atom stereocenters. The highest BCUT2D eigenvalue weighted by molar-refractivity contribution is 9.10. The first kappa shape index (κ1) is 15.9. The maximum absolute atomic E-state index is 12.2. The average Bonchev–Trinajstić information content (AvgIpc) is 2.26. The molecule has 1 rings (SSSR count). The summed E-state index contributed by atoms with van der Waals surface area (Å²) in [5.74, 6) is -0.349. The number of amides is 1. The molecule has 1 amide bonds. The van der Waals surface area contributed by atoms with Gasteiger partial charge < -0.3 is 11.1 Å². The third-order valence-corrected chi connectivity index (χ3v) is 4.25. The van der Waals surface area contributed by atoms with Gasteiger partial charge in [-0.2, -0.15) is 0 Å². The molecule has 0 aliphatic heterocycles. The minimum Gasteiger partial charge on any atom is -0.372 e. The van der Waals surface area contributed by atoms with Crippen LogP contribution in [0.2, 0.25) is 0 Å². The predicted molar refractivity (Wildman–Crippen MR) is 75.1 cm³/mol. The SMILES string of the molecule is CNc1ncc(Br)cc1S(=O)(=O)NC(C)CC(N)=O. The number of hydrogen-bond acceptors (Lipinski definition) is 5. The third kappa shape index (κ3) is 4.44. The van der Waals surface area contributed by atoms with Gasteiger partial charge in [-0.15, -0.1) is 0 Å². The van der Waals surface area contributed by atoms with Crippen LogP contribution in [0.15, 0.2) is 21.6 Å². The maximum atomic E-state index is 12.2. The number of carbonyl (C=O) groups excluding carboxylic acids is 1. The van der Waals surface area contributed by atoms with Crippen molar-refractivity contribution in [2.45, 2.75) is 24.3 Å². The van der Waals surface area contributed by atoms with Gasteiger partial charge in [0.15, 0.2) is 0 Å². The zero-order valence-corrected chi connectivity index (χ0v) is 12.9. The fraction of sp³-hybridized carbons (Fsp3) is 0.400. The number of anilines is 1. The van der Waals surface area contributed by atoms with Crippen molar-refractivity contribution in [3.63, 3.8) is 0 Å². The summed E-state index contributed by atoms with van der Waals surface area (Å²) in [6, 6.07) is 0.837. The van der Waals surface area contributed by atoms with Crippen LogP contribution in [0.3, 0.4) is 0 Å². The monoisotopic (exact) mass is 350 g/mol. The van der Waals surface area contributed by atoms with Gasteiger partial charge in [-0.05, 0) is 28.9 Å². The van der Waals surface area contributed by atoms with E-state index in [1.807, 2.05) is 0 Å². The topological polar surface area (TPSA) is 114 Å². The van der Waals surface area contributed by atoms with E-state index in [-0.39, 0.29) is 17.1 Å². The van der Waals surface area contributed by atoms with E-state index in [1.54, 1.807) is 14.0 Å². The molecule has 0 saturated carbocycles. The molecular formula is C10H15BrN4O3S. The maximum Gasteiger partial charge on any atom is 0.244 e. The fourth-order valence-electron chi connectivity index (χ4n) is 1.49. The molecule has 0 aromatic carbocycles. The molecule has 0 spiro atoms. The summed E-state index contributed by atoms with van der Waals surface area (Å²) in [6.45, 7) is 1.56. The Bertz CT molecular complexity index is 576. The quantitative estimate of drug-likeness (QED) is 0.688. The molecule has 0 aliphatic rings. The second-order valence-corrected chi connectivity index (χ2v) is 6.54. The molecule has 1 aromatic heterocycles. The molecule has 7 nitrogen and oxygen atoms in total. The number of pyridine rings is 1. The number of nitrogens with one attached hydrogen (secondary N) is 2. The number of nitrogens with zero attached hydrogens (tertiary/aromatic N) is 1. The largest absolute Gasteiger partial charge is 0.372 e. The molecule has 1 aromatic rings. The van der Waals surface area contributed by atoms with Gasteiger partial charge >= 0.3 is 0 Å². The standard InChI is InChI=1S/C10H15BrN4O3S/c1-6(3-9(12)16)15-19(17,18)8-4-7(11)5-14-10(8)13-2/h4-6,15H,3H2,1-2H3,(H2,12,16)(H,13,14). The lowest BCUT2D eigenvalue weighted by Gasteiger charge is -2.14. The molecule has 0 fully saturated rings. The van der Waals surface area contributed by atoms with E-state index in [2.05, 4.69) is 31.0 Å². The molecular weight excluding hydrogens is 336 g/mol. The number of nitrogens with two attached hydrogens (primary N) is 1. The normalized spacial score (nSPS) is 13.0. The van der Waals surface area contributed by atoms with E-state index >= 15 is 0 Å². The van der Waals surface area contributed by atoms with Gasteiger partial charge in [0.2, 0.25) is 15.9 Å². The second-order valence-electron chi connectivity index (χ2n) is 3.94. The number of sulfonamides is 1. The number of carbonyl (C=O) groups is 1. The summed E-state index contributed by atoms with van der Waals surface area (Å²) in [5, 5.41) is 2.70. The Morgan fingerprint density at radius 2 is 2.21 bits per heavy atom. The third-order valence-electron chi connectivity index (χ3n) is 2.21. The number of rotatable bonds is 6. The second kappa shape index (κ2) is 6.31. The highest BCUT2D eigenvalue weighted by Gasteiger charge is 2.22. The molecule has 0 radical (unpaired) electrons. The van der Waals surface area contributed by atoms with E-state index in [1.165, 1.54) is 12.3 Å². The van der Waals surface area contributed by atoms with Gasteiger partial charge in [-0.3, -0.25) is 4.79 Å². The predicted octanol–water partition coefficient (Wildman–Crippen LogP) is 0.428. The number of aromatic nitrogens is 1. The lowest BCUT2D eigenvalue weighted by atomic mass is 10.2. The number of primary amides is 1. The number of hydrogen-bond donors (Lipinski definition) is 3. The van der Waals surface area contributed by atoms with E-state index in [0.717, 1.165) is 0 Å². The summed E-state index contributed by atoms with van der Waals surface area (Å²) >= 11 is 3.17. The van der Waals surface area contributed by atoms with Gasteiger partial charge in [-0.25, -0.2) is 18.1 Å². The Morgan fingerprint density at radius 3 is 2.74 bits per heavy atom. The van der Waals surface area contributed by atoms with Crippen molar-refractivity contribution in [1.82, 2.24) is 9.71 Å². The van der Waals surface area contributed by atoms with Gasteiger partial charge in [0, 0.05) is 30.2 Å². The van der Waals surface area contributed by atoms with Gasteiger partial charge in [0.1, 0.15) is 10.7 Å². The van der Waals surface area contributed by atoms with Gasteiger partial charge in [0.25, 0.3) is 0 Å². The lowest BCUT2D eigenvalue weighted by Crippen LogP contribution is -2.36. The van der Waals surface area contributed by atoms with Crippen LogP contribution in [-0.4, -0.2) is 32.4 Å². The fourth-order valence-corrected chi connectivity index (χ4v) is 3.40. The zero-order valence-electron chi connectivity index (χ0n) is 10.5. The van der Waals surface area contributed by atoms with Crippen LogP contribution in [-0.2, 0) is 14.8 Å². The van der Waals surface area contributed by atoms with Crippen LogP contribution in [0.1, 0.15) is 13.3 Å². The first-order valence-corrected chi connectivity index (χ1v) is 7.68. The van der Waals surface area contributed by atoms with E-state index in [0.29, 0.717) is 4.47 Å². The Balaban J connectivity index is 3.06. The van der Waals surface area contributed by atoms with Crippen molar-refractivity contribution >= 4 is 37.7 Å². The molecule has 1 heterocycles. The molecule has 0 bridgehead atoms. The van der Waals surface area contributed by atoms with Crippen molar-refractivity contribution < 1.29 is 13.2 Å². The van der Waals surface area contributed by atoms with Crippen molar-refractivity contribution in [2.75, 3.05) is 12.4 Å². The Morgan fingerprint density at radius 1 is 1.58 bits per heavy atom. The van der Waals surface area contributed by atoms with Crippen molar-refractivity contribution in [2.24, 2.45) is 5.73 Å². The highest BCUT2D eigenvalue weighted by Crippen LogP contribution is 2.22. The Hall–Kier alpha value is -1.19. The molecule has 1 unspecified atom stereocenters. The Kier molecular flexibility index (Phi) is 5.27. The minimum atomic E-state index is -3.78. The van der Waals surface area contributed by atoms with E-state index in [4.69, 9.17) is 5.73 Å². The number of halogens is 1. The summed E-state index contributed by atoms with van der Waals surface area (Å²) < 4.78 is 27.3. The van der Waals surface area contributed by atoms with Crippen molar-refractivity contribution in [3.8, 4) is 0 Å². The van der Waals surface area contributed by atoms with E-state index < -0.39 is 22.0 Å². The van der Waals surface area contributed by atoms with Crippen LogP contribution in [0.25, 0.3) is 0 Å². The zero-order chi connectivity index (χ0) is 14.6. The summed E-state index contributed by atoms with van der Waals surface area (Å²) in [5.41, 5.74) is 5.03. The molecule has 9 heteroatoms. The lowest BCUT2D eigenvalue weighted by molar-refractivity contribution is -0.118. The van der Waals surface area contributed by atoms with Crippen LogP contribution in [0.4, 0.5) is 5.82 Å². The van der Waals surface area contributed by atoms with Gasteiger partial charge in [-0.1, -0.05) is 0 Å². The highest BCUT2D eigenvalue weighted by atomic mass is 79.9. The van der Waals surface area contributed by atoms with Crippen LogP contribution < -0.4 is 15.8 Å². The van der Waals surface area contributed by atoms with Crippen LogP contribution >= 0.6 is 15.9 Å². The molecule has 0 aliphatic carbocycles. The minimum absolute atomic E-state index is 0.000644. The molecule has 4 N–H and O–H groups in total. The van der Waals surface area contributed by atoms with Crippen molar-refractivity contribution in [3.05, 3.63) is 16.7 Å². The smallest absolute Gasteiger partial charge is 0.244 e.